The van der Waals surface area contributed by atoms with Crippen LogP contribution in [0.3, 0.4) is 0 Å². The minimum atomic E-state index is -0.344. The van der Waals surface area contributed by atoms with Crippen LogP contribution in [0.5, 0.6) is 17.2 Å². The first-order valence-corrected chi connectivity index (χ1v) is 9.65. The minimum absolute atomic E-state index is 0.344. The summed E-state index contributed by atoms with van der Waals surface area (Å²) in [5.41, 5.74) is 1.65. The van der Waals surface area contributed by atoms with Gasteiger partial charge in [-0.3, -0.25) is 0 Å². The Morgan fingerprint density at radius 2 is 1.68 bits per heavy atom. The summed E-state index contributed by atoms with van der Waals surface area (Å²) in [6, 6.07) is 23.0. The van der Waals surface area contributed by atoms with Gasteiger partial charge in [0.2, 0.25) is 0 Å². The molecular weight excluding hydrogens is 372 g/mol. The van der Waals surface area contributed by atoms with Crippen LogP contribution in [-0.2, 0) is 11.3 Å². The predicted octanol–water partition coefficient (Wildman–Crippen LogP) is 6.06. The average Bonchev–Trinajstić information content (AvgIpc) is 3.15. The smallest absolute Gasteiger partial charge is 0.337 e. The predicted molar refractivity (Wildman–Crippen MR) is 110 cm³/mol. The van der Waals surface area contributed by atoms with E-state index in [4.69, 9.17) is 14.2 Å². The Balaban J connectivity index is 1.45. The lowest BCUT2D eigenvalue weighted by Crippen LogP contribution is -1.99. The topological polar surface area (TPSA) is 44.8 Å². The van der Waals surface area contributed by atoms with E-state index >= 15 is 0 Å². The van der Waals surface area contributed by atoms with Gasteiger partial charge in [0.05, 0.1) is 12.7 Å². The fourth-order valence-corrected chi connectivity index (χ4v) is 3.70. The molecule has 0 bridgehead atoms. The summed E-state index contributed by atoms with van der Waals surface area (Å²) in [6.45, 7) is 0.527. The first-order valence-electron chi connectivity index (χ1n) is 8.77. The maximum Gasteiger partial charge on any atom is 0.337 e. The van der Waals surface area contributed by atoms with Crippen LogP contribution in [0.4, 0.5) is 0 Å². The number of methoxy groups -OCH3 is 1. The fraction of sp³-hybridized carbons (Fsp3) is 0.0870. The molecule has 1 aromatic heterocycles. The highest BCUT2D eigenvalue weighted by atomic mass is 32.1. The van der Waals surface area contributed by atoms with Gasteiger partial charge in [-0.2, -0.15) is 0 Å². The summed E-state index contributed by atoms with van der Waals surface area (Å²) in [5.74, 6) is 1.93. The summed E-state index contributed by atoms with van der Waals surface area (Å²) in [5, 5.41) is 2.90. The van der Waals surface area contributed by atoms with Gasteiger partial charge in [-0.15, -0.1) is 11.3 Å². The summed E-state index contributed by atoms with van der Waals surface area (Å²) in [4.78, 5) is 11.7. The number of hydrogen-bond donors (Lipinski definition) is 0. The molecule has 0 aliphatic rings. The van der Waals surface area contributed by atoms with Crippen molar-refractivity contribution in [1.82, 2.24) is 0 Å². The van der Waals surface area contributed by atoms with Crippen LogP contribution < -0.4 is 9.47 Å². The van der Waals surface area contributed by atoms with Crippen LogP contribution in [0.25, 0.3) is 10.1 Å². The Bertz CT molecular complexity index is 1080. The Kier molecular flexibility index (Phi) is 5.26. The molecule has 0 spiro atoms. The van der Waals surface area contributed by atoms with Gasteiger partial charge in [0.25, 0.3) is 0 Å². The van der Waals surface area contributed by atoms with Gasteiger partial charge in [-0.05, 0) is 48.0 Å². The van der Waals surface area contributed by atoms with Gasteiger partial charge in [0, 0.05) is 15.5 Å². The van der Waals surface area contributed by atoms with Gasteiger partial charge >= 0.3 is 5.97 Å². The summed E-state index contributed by atoms with van der Waals surface area (Å²) >= 11 is 1.53. The van der Waals surface area contributed by atoms with Crippen LogP contribution >= 0.6 is 11.3 Å². The molecule has 4 aromatic rings. The molecule has 0 radical (unpaired) electrons. The highest BCUT2D eigenvalue weighted by Crippen LogP contribution is 2.36. The number of esters is 1. The number of rotatable bonds is 6. The van der Waals surface area contributed by atoms with Crippen molar-refractivity contribution in [3.05, 3.63) is 89.3 Å². The molecule has 140 valence electrons. The van der Waals surface area contributed by atoms with Crippen molar-refractivity contribution < 1.29 is 19.0 Å². The van der Waals surface area contributed by atoms with E-state index in [0.717, 1.165) is 32.9 Å². The second kappa shape index (κ2) is 8.15. The monoisotopic (exact) mass is 390 g/mol. The molecule has 0 aliphatic heterocycles. The number of thiophene rings is 1. The molecule has 0 unspecified atom stereocenters. The zero-order valence-corrected chi connectivity index (χ0v) is 16.1. The van der Waals surface area contributed by atoms with E-state index in [1.807, 2.05) is 72.1 Å². The van der Waals surface area contributed by atoms with E-state index in [2.05, 4.69) is 0 Å². The van der Waals surface area contributed by atoms with Crippen LogP contribution in [-0.4, -0.2) is 13.1 Å². The molecule has 28 heavy (non-hydrogen) atoms. The zero-order valence-electron chi connectivity index (χ0n) is 15.3. The fourth-order valence-electron chi connectivity index (χ4n) is 2.80. The van der Waals surface area contributed by atoms with Crippen LogP contribution in [0, 0.1) is 0 Å². The Labute approximate surface area is 166 Å². The quantitative estimate of drug-likeness (QED) is 0.375. The summed E-state index contributed by atoms with van der Waals surface area (Å²) < 4.78 is 17.6. The molecule has 4 nitrogen and oxygen atoms in total. The Morgan fingerprint density at radius 1 is 0.929 bits per heavy atom. The van der Waals surface area contributed by atoms with Crippen LogP contribution in [0.15, 0.2) is 78.2 Å². The molecule has 4 rings (SSSR count). The number of hydrogen-bond acceptors (Lipinski definition) is 5. The van der Waals surface area contributed by atoms with E-state index in [1.54, 1.807) is 6.07 Å². The van der Waals surface area contributed by atoms with Gasteiger partial charge in [-0.1, -0.05) is 30.3 Å². The largest absolute Gasteiger partial charge is 0.489 e. The van der Waals surface area contributed by atoms with Crippen LogP contribution in [0.1, 0.15) is 15.9 Å². The Hall–Kier alpha value is -3.31. The maximum absolute atomic E-state index is 11.7. The van der Waals surface area contributed by atoms with Gasteiger partial charge in [0.1, 0.15) is 23.9 Å². The molecule has 0 fully saturated rings. The number of carbonyl (C=O) groups is 1. The molecule has 0 atom stereocenters. The van der Waals surface area contributed by atoms with Gasteiger partial charge < -0.3 is 14.2 Å². The third-order valence-corrected chi connectivity index (χ3v) is 5.18. The molecule has 3 aromatic carbocycles. The maximum atomic E-state index is 11.7. The first kappa shape index (κ1) is 18.1. The normalized spacial score (nSPS) is 10.6. The third-order valence-electron chi connectivity index (χ3n) is 4.26. The lowest BCUT2D eigenvalue weighted by Gasteiger charge is -2.08. The molecule has 0 aliphatic carbocycles. The zero-order chi connectivity index (χ0) is 19.3. The molecule has 0 N–H and O–H groups in total. The van der Waals surface area contributed by atoms with E-state index in [-0.39, 0.29) is 5.97 Å². The van der Waals surface area contributed by atoms with E-state index in [1.165, 1.54) is 18.4 Å². The van der Waals surface area contributed by atoms with E-state index in [0.29, 0.717) is 12.2 Å². The number of ether oxygens (including phenoxy) is 3. The number of carbonyl (C=O) groups excluding carboxylic acids is 1. The molecule has 0 saturated heterocycles. The lowest BCUT2D eigenvalue weighted by atomic mass is 10.2. The lowest BCUT2D eigenvalue weighted by molar-refractivity contribution is 0.0601. The molecule has 0 amide bonds. The average molecular weight is 390 g/mol. The SMILES string of the molecule is COC(=O)c1ccc2c(Oc3ccc(OCc4ccccc4)cc3)csc2c1. The highest BCUT2D eigenvalue weighted by molar-refractivity contribution is 7.17. The first-order chi connectivity index (χ1) is 13.7. The molecule has 5 heteroatoms. The van der Waals surface area contributed by atoms with Crippen molar-refractivity contribution in [2.24, 2.45) is 0 Å². The minimum Gasteiger partial charge on any atom is -0.489 e. The van der Waals surface area contributed by atoms with Crippen LogP contribution in [0.2, 0.25) is 0 Å². The van der Waals surface area contributed by atoms with Gasteiger partial charge in [0.15, 0.2) is 0 Å². The summed E-state index contributed by atoms with van der Waals surface area (Å²) in [6.07, 6.45) is 0. The van der Waals surface area contributed by atoms with Crippen molar-refractivity contribution in [1.29, 1.82) is 0 Å². The highest BCUT2D eigenvalue weighted by Gasteiger charge is 2.11. The van der Waals surface area contributed by atoms with Crippen molar-refractivity contribution >= 4 is 27.4 Å². The third kappa shape index (κ3) is 4.00. The van der Waals surface area contributed by atoms with E-state index < -0.39 is 0 Å². The summed E-state index contributed by atoms with van der Waals surface area (Å²) in [7, 11) is 1.38. The van der Waals surface area contributed by atoms with Crippen molar-refractivity contribution in [3.63, 3.8) is 0 Å². The van der Waals surface area contributed by atoms with Crippen molar-refractivity contribution in [2.75, 3.05) is 7.11 Å². The molecule has 0 saturated carbocycles. The van der Waals surface area contributed by atoms with Crippen molar-refractivity contribution in [3.8, 4) is 17.2 Å². The number of benzene rings is 3. The standard InChI is InChI=1S/C23H18O4S/c1-25-23(24)17-7-12-20-21(15-28-22(20)13-17)27-19-10-8-18(9-11-19)26-14-16-5-3-2-4-6-16/h2-13,15H,14H2,1H3. The molecular formula is C23H18O4S. The van der Waals surface area contributed by atoms with Gasteiger partial charge in [-0.25, -0.2) is 4.79 Å². The number of fused-ring (bicyclic) bond motifs is 1. The van der Waals surface area contributed by atoms with E-state index in [9.17, 15) is 4.79 Å². The second-order valence-corrected chi connectivity index (χ2v) is 7.06. The second-order valence-electron chi connectivity index (χ2n) is 6.15. The molecule has 1 heterocycles. The van der Waals surface area contributed by atoms with Crippen molar-refractivity contribution in [2.45, 2.75) is 6.61 Å². The Morgan fingerprint density at radius 3 is 2.43 bits per heavy atom.